The van der Waals surface area contributed by atoms with Gasteiger partial charge in [-0.25, -0.2) is 0 Å². The van der Waals surface area contributed by atoms with Crippen LogP contribution in [0.4, 0.5) is 0 Å². The lowest BCUT2D eigenvalue weighted by molar-refractivity contribution is -0.125. The molecule has 0 aromatic carbocycles. The molecule has 3 atom stereocenters. The van der Waals surface area contributed by atoms with E-state index in [1.54, 1.807) is 0 Å². The van der Waals surface area contributed by atoms with Gasteiger partial charge < -0.3 is 11.1 Å². The number of nitrogens with one attached hydrogen (secondary N) is 1. The van der Waals surface area contributed by atoms with E-state index in [0.29, 0.717) is 0 Å². The van der Waals surface area contributed by atoms with Crippen molar-refractivity contribution in [2.45, 2.75) is 58.5 Å². The monoisotopic (exact) mass is 226 g/mol. The molecule has 0 radical (unpaired) electrons. The molecule has 1 amide bonds. The molecule has 0 saturated carbocycles. The minimum absolute atomic E-state index is 0.0750. The maximum absolute atomic E-state index is 11.7. The second-order valence-electron chi connectivity index (χ2n) is 4.74. The first-order valence-corrected chi connectivity index (χ1v) is 6.14. The molecule has 0 aliphatic rings. The van der Waals surface area contributed by atoms with E-state index in [1.165, 1.54) is 0 Å². The van der Waals surface area contributed by atoms with Crippen LogP contribution in [0.1, 0.15) is 46.5 Å². The summed E-state index contributed by atoms with van der Waals surface area (Å²) < 4.78 is 0. The zero-order chi connectivity index (χ0) is 12.6. The molecule has 0 aliphatic carbocycles. The highest BCUT2D eigenvalue weighted by Crippen LogP contribution is 2.09. The fourth-order valence-corrected chi connectivity index (χ4v) is 1.57. The van der Waals surface area contributed by atoms with Crippen LogP contribution in [0.2, 0.25) is 0 Å². The number of carbonyl (C=O) groups excluding carboxylic acids is 1. The van der Waals surface area contributed by atoms with Gasteiger partial charge in [-0.15, -0.1) is 6.58 Å². The molecule has 0 rings (SSSR count). The lowest BCUT2D eigenvalue weighted by atomic mass is 10.0. The molecule has 3 unspecified atom stereocenters. The molecule has 3 nitrogen and oxygen atoms in total. The van der Waals surface area contributed by atoms with Gasteiger partial charge in [-0.05, 0) is 33.1 Å². The third-order valence-electron chi connectivity index (χ3n) is 2.65. The average Bonchev–Trinajstić information content (AvgIpc) is 2.17. The molecular formula is C13H26N2O. The van der Waals surface area contributed by atoms with Crippen LogP contribution in [0.25, 0.3) is 0 Å². The van der Waals surface area contributed by atoms with E-state index in [1.807, 2.05) is 26.8 Å². The Bertz CT molecular complexity index is 214. The predicted molar refractivity (Wildman–Crippen MR) is 69.1 cm³/mol. The maximum Gasteiger partial charge on any atom is 0.223 e. The van der Waals surface area contributed by atoms with E-state index in [9.17, 15) is 4.79 Å². The summed E-state index contributed by atoms with van der Waals surface area (Å²) in [6.07, 6.45) is 5.56. The molecule has 3 N–H and O–H groups in total. The molecule has 0 saturated heterocycles. The lowest BCUT2D eigenvalue weighted by Crippen LogP contribution is -2.36. The van der Waals surface area contributed by atoms with Crippen LogP contribution in [-0.4, -0.2) is 18.0 Å². The van der Waals surface area contributed by atoms with Crippen LogP contribution in [0, 0.1) is 5.92 Å². The Labute approximate surface area is 99.5 Å². The van der Waals surface area contributed by atoms with Crippen molar-refractivity contribution in [3.05, 3.63) is 12.7 Å². The Kier molecular flexibility index (Phi) is 7.90. The van der Waals surface area contributed by atoms with Crippen LogP contribution in [0.5, 0.6) is 0 Å². The van der Waals surface area contributed by atoms with Crippen molar-refractivity contribution in [2.75, 3.05) is 0 Å². The number of hydrogen-bond acceptors (Lipinski definition) is 2. The number of amides is 1. The van der Waals surface area contributed by atoms with Crippen molar-refractivity contribution in [1.29, 1.82) is 0 Å². The standard InChI is InChI=1S/C13H26N2O/c1-5-7-12(4)15-13(16)10(2)8-6-9-11(3)14/h5,10-12H,1,6-9,14H2,2-4H3,(H,15,16). The predicted octanol–water partition coefficient (Wildman–Crippen LogP) is 2.22. The Morgan fingerprint density at radius 2 is 2.00 bits per heavy atom. The van der Waals surface area contributed by atoms with Gasteiger partial charge >= 0.3 is 0 Å². The first kappa shape index (κ1) is 15.2. The van der Waals surface area contributed by atoms with Crippen LogP contribution >= 0.6 is 0 Å². The van der Waals surface area contributed by atoms with Crippen LogP contribution in [0.15, 0.2) is 12.7 Å². The van der Waals surface area contributed by atoms with Crippen LogP contribution in [0.3, 0.4) is 0 Å². The highest BCUT2D eigenvalue weighted by molar-refractivity contribution is 5.78. The molecule has 0 aromatic heterocycles. The van der Waals surface area contributed by atoms with Gasteiger partial charge in [-0.1, -0.05) is 19.4 Å². The topological polar surface area (TPSA) is 55.1 Å². The van der Waals surface area contributed by atoms with Gasteiger partial charge in [0.15, 0.2) is 0 Å². The third-order valence-corrected chi connectivity index (χ3v) is 2.65. The number of nitrogens with two attached hydrogens (primary N) is 1. The second kappa shape index (κ2) is 8.34. The normalized spacial score (nSPS) is 16.2. The van der Waals surface area contributed by atoms with E-state index in [-0.39, 0.29) is 23.9 Å². The van der Waals surface area contributed by atoms with Crippen LogP contribution in [-0.2, 0) is 4.79 Å². The van der Waals surface area contributed by atoms with Crippen molar-refractivity contribution in [3.63, 3.8) is 0 Å². The van der Waals surface area contributed by atoms with Crippen molar-refractivity contribution in [3.8, 4) is 0 Å². The quantitative estimate of drug-likeness (QED) is 0.624. The highest BCUT2D eigenvalue weighted by Gasteiger charge is 2.14. The molecule has 0 spiro atoms. The molecule has 0 fully saturated rings. The summed E-state index contributed by atoms with van der Waals surface area (Å²) in [5.74, 6) is 0.213. The summed E-state index contributed by atoms with van der Waals surface area (Å²) in [5, 5.41) is 2.98. The smallest absolute Gasteiger partial charge is 0.223 e. The maximum atomic E-state index is 11.7. The van der Waals surface area contributed by atoms with E-state index < -0.39 is 0 Å². The highest BCUT2D eigenvalue weighted by atomic mass is 16.1. The van der Waals surface area contributed by atoms with E-state index in [4.69, 9.17) is 5.73 Å². The molecule has 94 valence electrons. The number of rotatable bonds is 8. The van der Waals surface area contributed by atoms with Crippen LogP contribution < -0.4 is 11.1 Å². The summed E-state index contributed by atoms with van der Waals surface area (Å²) in [4.78, 5) is 11.7. The van der Waals surface area contributed by atoms with Gasteiger partial charge in [0.05, 0.1) is 0 Å². The minimum atomic E-state index is 0.0750. The molecule has 0 aliphatic heterocycles. The Balaban J connectivity index is 3.76. The van der Waals surface area contributed by atoms with Gasteiger partial charge in [0.2, 0.25) is 5.91 Å². The van der Waals surface area contributed by atoms with Gasteiger partial charge in [0.25, 0.3) is 0 Å². The summed E-state index contributed by atoms with van der Waals surface area (Å²) in [7, 11) is 0. The Morgan fingerprint density at radius 1 is 1.38 bits per heavy atom. The zero-order valence-corrected chi connectivity index (χ0v) is 10.8. The number of carbonyl (C=O) groups is 1. The average molecular weight is 226 g/mol. The molecular weight excluding hydrogens is 200 g/mol. The van der Waals surface area contributed by atoms with Gasteiger partial charge in [-0.2, -0.15) is 0 Å². The van der Waals surface area contributed by atoms with Crippen molar-refractivity contribution >= 4 is 5.91 Å². The molecule has 3 heteroatoms. The minimum Gasteiger partial charge on any atom is -0.353 e. The fraction of sp³-hybridized carbons (Fsp3) is 0.769. The molecule has 16 heavy (non-hydrogen) atoms. The SMILES string of the molecule is C=CCC(C)NC(=O)C(C)CCCC(C)N. The van der Waals surface area contributed by atoms with Gasteiger partial charge in [0, 0.05) is 18.0 Å². The fourth-order valence-electron chi connectivity index (χ4n) is 1.57. The lowest BCUT2D eigenvalue weighted by Gasteiger charge is -2.16. The summed E-state index contributed by atoms with van der Waals surface area (Å²) in [5.41, 5.74) is 5.66. The zero-order valence-electron chi connectivity index (χ0n) is 10.8. The Morgan fingerprint density at radius 3 is 2.50 bits per heavy atom. The molecule has 0 aromatic rings. The first-order valence-electron chi connectivity index (χ1n) is 6.14. The largest absolute Gasteiger partial charge is 0.353 e. The summed E-state index contributed by atoms with van der Waals surface area (Å²) in [6.45, 7) is 9.62. The van der Waals surface area contributed by atoms with E-state index >= 15 is 0 Å². The third kappa shape index (κ3) is 7.46. The van der Waals surface area contributed by atoms with E-state index in [0.717, 1.165) is 25.7 Å². The summed E-state index contributed by atoms with van der Waals surface area (Å²) >= 11 is 0. The Hall–Kier alpha value is -0.830. The number of hydrogen-bond donors (Lipinski definition) is 2. The summed E-state index contributed by atoms with van der Waals surface area (Å²) in [6, 6.07) is 0.413. The molecule has 0 heterocycles. The first-order chi connectivity index (χ1) is 7.47. The van der Waals surface area contributed by atoms with Crippen molar-refractivity contribution in [2.24, 2.45) is 11.7 Å². The van der Waals surface area contributed by atoms with E-state index in [2.05, 4.69) is 11.9 Å². The second-order valence-corrected chi connectivity index (χ2v) is 4.74. The molecule has 0 bridgehead atoms. The van der Waals surface area contributed by atoms with Gasteiger partial charge in [-0.3, -0.25) is 4.79 Å². The van der Waals surface area contributed by atoms with Crippen molar-refractivity contribution < 1.29 is 4.79 Å². The van der Waals surface area contributed by atoms with Gasteiger partial charge in [0.1, 0.15) is 0 Å². The van der Waals surface area contributed by atoms with Crippen molar-refractivity contribution in [1.82, 2.24) is 5.32 Å².